The molecule has 5 atom stereocenters. The van der Waals surface area contributed by atoms with Crippen molar-refractivity contribution in [1.82, 2.24) is 10.2 Å². The van der Waals surface area contributed by atoms with Gasteiger partial charge in [0.25, 0.3) is 0 Å². The molecule has 0 aliphatic carbocycles. The van der Waals surface area contributed by atoms with Crippen molar-refractivity contribution in [1.29, 1.82) is 0 Å². The van der Waals surface area contributed by atoms with Crippen molar-refractivity contribution in [3.05, 3.63) is 0 Å². The summed E-state index contributed by atoms with van der Waals surface area (Å²) in [6.45, 7) is -0.648. The lowest BCUT2D eigenvalue weighted by atomic mass is 9.97. The maximum Gasteiger partial charge on any atom is 0.171 e. The molecule has 0 aromatic rings. The first kappa shape index (κ1) is 13.6. The van der Waals surface area contributed by atoms with Crippen LogP contribution >= 0.6 is 12.2 Å². The van der Waals surface area contributed by atoms with Crippen LogP contribution in [0.1, 0.15) is 0 Å². The van der Waals surface area contributed by atoms with E-state index in [1.807, 2.05) is 0 Å². The molecule has 1 rings (SSSR count). The number of rotatable bonds is 3. The molecule has 0 bridgehead atoms. The van der Waals surface area contributed by atoms with Crippen LogP contribution in [-0.4, -0.2) is 79.8 Å². The highest BCUT2D eigenvalue weighted by Gasteiger charge is 2.41. The fourth-order valence-corrected chi connectivity index (χ4v) is 1.74. The Morgan fingerprint density at radius 1 is 1.44 bits per heavy atom. The number of nitrogens with zero attached hydrogens (tertiary/aromatic N) is 1. The molecule has 7 nitrogen and oxygen atoms in total. The molecule has 0 spiro atoms. The average molecular weight is 252 g/mol. The van der Waals surface area contributed by atoms with Crippen LogP contribution < -0.4 is 5.32 Å². The monoisotopic (exact) mass is 252 g/mol. The molecule has 94 valence electrons. The second-order valence-corrected chi connectivity index (χ2v) is 4.12. The first-order valence-electron chi connectivity index (χ1n) is 4.76. The zero-order chi connectivity index (χ0) is 12.5. The number of likely N-dealkylation sites (N-methyl/N-ethyl adjacent to an activating group) is 1. The van der Waals surface area contributed by atoms with Crippen LogP contribution in [0.5, 0.6) is 0 Å². The van der Waals surface area contributed by atoms with Crippen molar-refractivity contribution in [2.75, 3.05) is 13.7 Å². The molecule has 0 saturated carbocycles. The van der Waals surface area contributed by atoms with Gasteiger partial charge in [0.2, 0.25) is 0 Å². The highest BCUT2D eigenvalue weighted by molar-refractivity contribution is 7.80. The molecule has 0 aromatic carbocycles. The third kappa shape index (κ3) is 2.42. The van der Waals surface area contributed by atoms with Crippen molar-refractivity contribution >= 4 is 17.3 Å². The molecular formula is C8H16N2O5S. The molecule has 0 amide bonds. The summed E-state index contributed by atoms with van der Waals surface area (Å²) in [4.78, 5) is 1.23. The van der Waals surface area contributed by atoms with Crippen LogP contribution in [0.2, 0.25) is 0 Å². The molecule has 0 radical (unpaired) electrons. The van der Waals surface area contributed by atoms with Crippen LogP contribution in [0, 0.1) is 0 Å². The van der Waals surface area contributed by atoms with E-state index in [0.717, 1.165) is 0 Å². The molecule has 3 unspecified atom stereocenters. The highest BCUT2D eigenvalue weighted by atomic mass is 32.1. The normalized spacial score (nSPS) is 34.5. The van der Waals surface area contributed by atoms with E-state index in [9.17, 15) is 20.4 Å². The molecule has 0 aromatic heterocycles. The first-order valence-corrected chi connectivity index (χ1v) is 5.17. The molecule has 1 aliphatic heterocycles. The van der Waals surface area contributed by atoms with Gasteiger partial charge in [-0.05, 0) is 12.2 Å². The average Bonchev–Trinajstić information content (AvgIpc) is 2.29. The first-order chi connectivity index (χ1) is 7.40. The number of aliphatic hydroxyl groups excluding tert-OH is 5. The topological polar surface area (TPSA) is 116 Å². The Bertz CT molecular complexity index is 263. The minimum atomic E-state index is -1.43. The number of nitrogens with one attached hydrogen (secondary N) is 1. The Labute approximate surface area is 97.9 Å². The summed E-state index contributed by atoms with van der Waals surface area (Å²) in [5.41, 5.74) is 0. The van der Waals surface area contributed by atoms with E-state index in [1.165, 1.54) is 11.9 Å². The summed E-state index contributed by atoms with van der Waals surface area (Å²) in [6, 6.07) is -1.03. The second kappa shape index (κ2) is 5.21. The predicted octanol–water partition coefficient (Wildman–Crippen LogP) is -3.43. The fraction of sp³-hybridized carbons (Fsp3) is 0.875. The van der Waals surface area contributed by atoms with Crippen molar-refractivity contribution in [3.8, 4) is 0 Å². The number of hydrogen-bond acceptors (Lipinski definition) is 6. The van der Waals surface area contributed by atoms with Gasteiger partial charge in [-0.25, -0.2) is 0 Å². The van der Waals surface area contributed by atoms with Crippen molar-refractivity contribution in [2.45, 2.75) is 30.6 Å². The Kier molecular flexibility index (Phi) is 4.42. The smallest absolute Gasteiger partial charge is 0.171 e. The summed E-state index contributed by atoms with van der Waals surface area (Å²) < 4.78 is 0. The van der Waals surface area contributed by atoms with Gasteiger partial charge < -0.3 is 35.7 Å². The van der Waals surface area contributed by atoms with Crippen molar-refractivity contribution in [2.24, 2.45) is 0 Å². The SMILES string of the molecule is CN1C(=S)N[C@H](C(O)C(O)CO)[C@@H](O)C1O. The maximum absolute atomic E-state index is 9.67. The third-order valence-electron chi connectivity index (χ3n) is 2.63. The standard InChI is InChI=1S/C8H16N2O5S/c1-10-7(15)6(14)4(9-8(10)16)5(13)3(12)2-11/h3-7,11-15H,2H2,1H3,(H,9,16)/t3?,4-,5?,6-,7?/m1/s1. The van der Waals surface area contributed by atoms with Gasteiger partial charge in [0.15, 0.2) is 11.3 Å². The Hall–Kier alpha value is -0.510. The van der Waals surface area contributed by atoms with Crippen molar-refractivity contribution in [3.63, 3.8) is 0 Å². The summed E-state index contributed by atoms with van der Waals surface area (Å²) in [7, 11) is 1.48. The van der Waals surface area contributed by atoms with Crippen LogP contribution in [0.4, 0.5) is 0 Å². The Morgan fingerprint density at radius 2 is 2.00 bits per heavy atom. The molecule has 1 saturated heterocycles. The second-order valence-electron chi connectivity index (χ2n) is 3.73. The molecule has 6 N–H and O–H groups in total. The van der Waals surface area contributed by atoms with E-state index in [0.29, 0.717) is 0 Å². The van der Waals surface area contributed by atoms with Crippen LogP contribution in [0.25, 0.3) is 0 Å². The molecule has 1 aliphatic rings. The fourth-order valence-electron chi connectivity index (χ4n) is 1.50. The lowest BCUT2D eigenvalue weighted by Crippen LogP contribution is -2.68. The lowest BCUT2D eigenvalue weighted by molar-refractivity contribution is -0.116. The Morgan fingerprint density at radius 3 is 2.50 bits per heavy atom. The molecule has 16 heavy (non-hydrogen) atoms. The van der Waals surface area contributed by atoms with Crippen LogP contribution in [-0.2, 0) is 0 Å². The van der Waals surface area contributed by atoms with E-state index in [1.54, 1.807) is 0 Å². The van der Waals surface area contributed by atoms with Crippen LogP contribution in [0.3, 0.4) is 0 Å². The summed E-state index contributed by atoms with van der Waals surface area (Å²) in [5, 5.41) is 49.5. The molecular weight excluding hydrogens is 236 g/mol. The minimum Gasteiger partial charge on any atom is -0.394 e. The van der Waals surface area contributed by atoms with Crippen molar-refractivity contribution < 1.29 is 25.5 Å². The molecule has 8 heteroatoms. The maximum atomic E-state index is 9.67. The van der Waals surface area contributed by atoms with E-state index >= 15 is 0 Å². The van der Waals surface area contributed by atoms with Gasteiger partial charge in [0.1, 0.15) is 18.3 Å². The number of aliphatic hydroxyl groups is 5. The summed E-state index contributed by atoms with van der Waals surface area (Å²) in [5.74, 6) is 0. The van der Waals surface area contributed by atoms with E-state index in [2.05, 4.69) is 5.32 Å². The lowest BCUT2D eigenvalue weighted by Gasteiger charge is -2.43. The number of thiocarbonyl (C=S) groups is 1. The highest BCUT2D eigenvalue weighted by Crippen LogP contribution is 2.15. The van der Waals surface area contributed by atoms with Gasteiger partial charge in [0, 0.05) is 7.05 Å². The van der Waals surface area contributed by atoms with Crippen LogP contribution in [0.15, 0.2) is 0 Å². The minimum absolute atomic E-state index is 0.145. The van der Waals surface area contributed by atoms with Gasteiger partial charge in [-0.2, -0.15) is 0 Å². The van der Waals surface area contributed by atoms with Gasteiger partial charge >= 0.3 is 0 Å². The number of hydrogen-bond donors (Lipinski definition) is 6. The largest absolute Gasteiger partial charge is 0.394 e. The van der Waals surface area contributed by atoms with Gasteiger partial charge in [-0.3, -0.25) is 0 Å². The van der Waals surface area contributed by atoms with Gasteiger partial charge in [0.05, 0.1) is 12.6 Å². The zero-order valence-corrected chi connectivity index (χ0v) is 9.50. The molecule has 1 fully saturated rings. The van der Waals surface area contributed by atoms with Gasteiger partial charge in [-0.15, -0.1) is 0 Å². The van der Waals surface area contributed by atoms with E-state index in [4.69, 9.17) is 17.3 Å². The van der Waals surface area contributed by atoms with Gasteiger partial charge in [-0.1, -0.05) is 0 Å². The predicted molar refractivity (Wildman–Crippen MR) is 58.4 cm³/mol. The Balaban J connectivity index is 2.77. The summed E-state index contributed by atoms with van der Waals surface area (Å²) >= 11 is 4.87. The summed E-state index contributed by atoms with van der Waals surface area (Å²) in [6.07, 6.45) is -5.43. The molecule has 1 heterocycles. The zero-order valence-electron chi connectivity index (χ0n) is 8.69. The van der Waals surface area contributed by atoms with E-state index < -0.39 is 37.2 Å². The quantitative estimate of drug-likeness (QED) is 0.287. The van der Waals surface area contributed by atoms with E-state index in [-0.39, 0.29) is 5.11 Å². The third-order valence-corrected chi connectivity index (χ3v) is 3.04.